The number of hydrogen-bond donors (Lipinski definition) is 1. The highest BCUT2D eigenvalue weighted by atomic mass is 19.1. The van der Waals surface area contributed by atoms with Gasteiger partial charge in [0.15, 0.2) is 0 Å². The Bertz CT molecular complexity index is 1210. The standard InChI is InChI=1S/C28H29F2N3O3/c29-22-5-1-18(2-6-22)27(34)33(25-16-32-11-9-17(25)10-12-32)15-21-13-19(3-7-23(21)30)20-4-8-24-26(14-20)36-28(35)31-24/h1-3,5-7,13-14,17,24-26H,4,8-12,15-16H2,(H,31,35). The van der Waals surface area contributed by atoms with Crippen LogP contribution in [0.4, 0.5) is 13.6 Å². The Labute approximate surface area is 208 Å². The molecule has 1 N–H and O–H groups in total. The van der Waals surface area contributed by atoms with Crippen LogP contribution >= 0.6 is 0 Å². The van der Waals surface area contributed by atoms with Gasteiger partial charge in [-0.1, -0.05) is 6.07 Å². The van der Waals surface area contributed by atoms with E-state index in [9.17, 15) is 14.0 Å². The molecule has 4 aliphatic heterocycles. The molecule has 7 rings (SSSR count). The minimum atomic E-state index is -0.408. The van der Waals surface area contributed by atoms with Crippen molar-refractivity contribution in [1.29, 1.82) is 0 Å². The van der Waals surface area contributed by atoms with E-state index in [1.165, 1.54) is 30.3 Å². The first kappa shape index (κ1) is 23.2. The molecule has 3 unspecified atom stereocenters. The Balaban J connectivity index is 1.31. The molecule has 188 valence electrons. The number of ether oxygens (including phenoxy) is 1. The predicted octanol–water partition coefficient (Wildman–Crippen LogP) is 4.36. The zero-order valence-corrected chi connectivity index (χ0v) is 20.0. The summed E-state index contributed by atoms with van der Waals surface area (Å²) in [6.07, 6.45) is 4.74. The summed E-state index contributed by atoms with van der Waals surface area (Å²) >= 11 is 0. The molecule has 4 fully saturated rings. The monoisotopic (exact) mass is 493 g/mol. The summed E-state index contributed by atoms with van der Waals surface area (Å²) in [6, 6.07) is 10.5. The molecule has 2 aromatic carbocycles. The molecule has 0 radical (unpaired) electrons. The normalized spacial score (nSPS) is 28.7. The van der Waals surface area contributed by atoms with E-state index in [1.54, 1.807) is 11.0 Å². The van der Waals surface area contributed by atoms with Gasteiger partial charge in [0.25, 0.3) is 5.91 Å². The van der Waals surface area contributed by atoms with Crippen molar-refractivity contribution in [3.8, 4) is 0 Å². The van der Waals surface area contributed by atoms with Crippen molar-refractivity contribution >= 4 is 17.6 Å². The van der Waals surface area contributed by atoms with Gasteiger partial charge in [0.1, 0.15) is 17.7 Å². The number of carbonyl (C=O) groups is 2. The number of rotatable bonds is 5. The largest absolute Gasteiger partial charge is 0.440 e. The van der Waals surface area contributed by atoms with Crippen LogP contribution in [0.3, 0.4) is 0 Å². The molecule has 4 saturated heterocycles. The smallest absolute Gasteiger partial charge is 0.408 e. The lowest BCUT2D eigenvalue weighted by molar-refractivity contribution is 0.00433. The van der Waals surface area contributed by atoms with Gasteiger partial charge in [-0.25, -0.2) is 13.6 Å². The first-order chi connectivity index (χ1) is 17.4. The third-order valence-corrected chi connectivity index (χ3v) is 8.16. The fourth-order valence-corrected chi connectivity index (χ4v) is 6.16. The van der Waals surface area contributed by atoms with Gasteiger partial charge < -0.3 is 19.9 Å². The summed E-state index contributed by atoms with van der Waals surface area (Å²) in [4.78, 5) is 29.4. The summed E-state index contributed by atoms with van der Waals surface area (Å²) in [5.41, 5.74) is 2.73. The number of halogens is 2. The lowest BCUT2D eigenvalue weighted by Gasteiger charge is -2.49. The van der Waals surface area contributed by atoms with Crippen molar-refractivity contribution < 1.29 is 23.1 Å². The van der Waals surface area contributed by atoms with Crippen molar-refractivity contribution in [3.05, 3.63) is 76.9 Å². The Morgan fingerprint density at radius 2 is 1.86 bits per heavy atom. The van der Waals surface area contributed by atoms with Gasteiger partial charge in [-0.15, -0.1) is 0 Å². The van der Waals surface area contributed by atoms with E-state index in [0.717, 1.165) is 56.5 Å². The molecule has 0 spiro atoms. The zero-order valence-electron chi connectivity index (χ0n) is 20.0. The van der Waals surface area contributed by atoms with E-state index >= 15 is 4.39 Å². The number of allylic oxidation sites excluding steroid dienone is 1. The lowest BCUT2D eigenvalue weighted by Crippen LogP contribution is -2.58. The molecule has 0 aromatic heterocycles. The van der Waals surface area contributed by atoms with Crippen LogP contribution in [0.2, 0.25) is 0 Å². The molecule has 6 nitrogen and oxygen atoms in total. The summed E-state index contributed by atoms with van der Waals surface area (Å²) in [7, 11) is 0. The second-order valence-electron chi connectivity index (χ2n) is 10.3. The fraction of sp³-hybridized carbons (Fsp3) is 0.429. The molecule has 2 aromatic rings. The lowest BCUT2D eigenvalue weighted by atomic mass is 9.82. The Hall–Kier alpha value is -3.26. The molecular formula is C28H29F2N3O3. The van der Waals surface area contributed by atoms with Crippen molar-refractivity contribution in [2.24, 2.45) is 5.92 Å². The van der Waals surface area contributed by atoms with Crippen molar-refractivity contribution in [3.63, 3.8) is 0 Å². The van der Waals surface area contributed by atoms with E-state index in [-0.39, 0.29) is 36.5 Å². The van der Waals surface area contributed by atoms with Gasteiger partial charge in [0, 0.05) is 30.3 Å². The van der Waals surface area contributed by atoms with E-state index in [1.807, 2.05) is 12.1 Å². The summed E-state index contributed by atoms with van der Waals surface area (Å²) in [5.74, 6) is -0.596. The first-order valence-electron chi connectivity index (χ1n) is 12.7. The second kappa shape index (κ2) is 9.32. The minimum absolute atomic E-state index is 0.0215. The zero-order chi connectivity index (χ0) is 24.8. The Kier molecular flexibility index (Phi) is 5.99. The van der Waals surface area contributed by atoms with Crippen LogP contribution in [0.1, 0.15) is 47.2 Å². The molecule has 3 atom stereocenters. The van der Waals surface area contributed by atoms with Gasteiger partial charge in [0.2, 0.25) is 0 Å². The van der Waals surface area contributed by atoms with Crippen LogP contribution in [0.15, 0.2) is 48.5 Å². The number of amides is 2. The number of benzene rings is 2. The SMILES string of the molecule is O=C1NC2CCC(c3ccc(F)c(CN(C(=O)c4ccc(F)cc4)C4CN5CCC4CC5)c3)=CC2O1. The minimum Gasteiger partial charge on any atom is -0.440 e. The molecule has 2 amide bonds. The molecule has 36 heavy (non-hydrogen) atoms. The summed E-state index contributed by atoms with van der Waals surface area (Å²) in [5, 5.41) is 2.82. The molecule has 8 heteroatoms. The van der Waals surface area contributed by atoms with Crippen LogP contribution in [0.5, 0.6) is 0 Å². The molecule has 4 heterocycles. The maximum atomic E-state index is 15.1. The average molecular weight is 494 g/mol. The fourth-order valence-electron chi connectivity index (χ4n) is 6.16. The van der Waals surface area contributed by atoms with E-state index in [4.69, 9.17) is 4.74 Å². The van der Waals surface area contributed by atoms with Crippen molar-refractivity contribution in [2.75, 3.05) is 19.6 Å². The number of carbonyl (C=O) groups excluding carboxylic acids is 2. The van der Waals surface area contributed by atoms with Crippen LogP contribution in [-0.4, -0.2) is 59.6 Å². The number of alkyl carbamates (subject to hydrolysis) is 1. The van der Waals surface area contributed by atoms with Gasteiger partial charge in [-0.3, -0.25) is 4.79 Å². The topological polar surface area (TPSA) is 61.9 Å². The third kappa shape index (κ3) is 4.39. The van der Waals surface area contributed by atoms with Crippen LogP contribution in [0.25, 0.3) is 5.57 Å². The van der Waals surface area contributed by atoms with Crippen molar-refractivity contribution in [1.82, 2.24) is 15.1 Å². The van der Waals surface area contributed by atoms with Gasteiger partial charge in [-0.05, 0) is 98.3 Å². The molecule has 5 aliphatic rings. The van der Waals surface area contributed by atoms with Crippen LogP contribution in [0, 0.1) is 17.6 Å². The molecule has 0 saturated carbocycles. The van der Waals surface area contributed by atoms with Crippen LogP contribution < -0.4 is 5.32 Å². The number of fused-ring (bicyclic) bond motifs is 4. The highest BCUT2D eigenvalue weighted by molar-refractivity contribution is 5.94. The maximum Gasteiger partial charge on any atom is 0.408 e. The number of piperidine rings is 3. The predicted molar refractivity (Wildman–Crippen MR) is 130 cm³/mol. The van der Waals surface area contributed by atoms with Gasteiger partial charge in [0.05, 0.1) is 6.04 Å². The van der Waals surface area contributed by atoms with Crippen molar-refractivity contribution in [2.45, 2.75) is 50.4 Å². The molecule has 2 bridgehead atoms. The quantitative estimate of drug-likeness (QED) is 0.673. The number of hydrogen-bond acceptors (Lipinski definition) is 4. The summed E-state index contributed by atoms with van der Waals surface area (Å²) < 4.78 is 34.0. The van der Waals surface area contributed by atoms with Gasteiger partial charge >= 0.3 is 6.09 Å². The molecule has 1 aliphatic carbocycles. The highest BCUT2D eigenvalue weighted by Crippen LogP contribution is 2.35. The number of nitrogens with one attached hydrogen (secondary N) is 1. The van der Waals surface area contributed by atoms with E-state index < -0.39 is 11.9 Å². The number of nitrogens with zero attached hydrogens (tertiary/aromatic N) is 2. The van der Waals surface area contributed by atoms with Crippen LogP contribution in [-0.2, 0) is 11.3 Å². The first-order valence-corrected chi connectivity index (χ1v) is 12.7. The third-order valence-electron chi connectivity index (χ3n) is 8.16. The summed E-state index contributed by atoms with van der Waals surface area (Å²) in [6.45, 7) is 2.96. The second-order valence-corrected chi connectivity index (χ2v) is 10.3. The Morgan fingerprint density at radius 3 is 2.58 bits per heavy atom. The van der Waals surface area contributed by atoms with E-state index in [2.05, 4.69) is 10.2 Å². The highest BCUT2D eigenvalue weighted by Gasteiger charge is 2.40. The van der Waals surface area contributed by atoms with Gasteiger partial charge in [-0.2, -0.15) is 0 Å². The Morgan fingerprint density at radius 1 is 1.08 bits per heavy atom. The maximum absolute atomic E-state index is 15.1. The van der Waals surface area contributed by atoms with E-state index in [0.29, 0.717) is 17.0 Å². The average Bonchev–Trinajstić information content (AvgIpc) is 3.28. The molecular weight excluding hydrogens is 464 g/mol.